The van der Waals surface area contributed by atoms with Crippen molar-refractivity contribution in [3.63, 3.8) is 0 Å². The second-order valence-corrected chi connectivity index (χ2v) is 7.56. The van der Waals surface area contributed by atoms with Gasteiger partial charge in [-0.3, -0.25) is 19.7 Å². The van der Waals surface area contributed by atoms with Crippen molar-refractivity contribution in [1.82, 2.24) is 4.90 Å². The van der Waals surface area contributed by atoms with Crippen LogP contribution in [0.5, 0.6) is 0 Å². The van der Waals surface area contributed by atoms with Gasteiger partial charge in [0.1, 0.15) is 6.54 Å². The lowest BCUT2D eigenvalue weighted by atomic mass is 10.1. The number of nitro benzene ring substituents is 1. The molecule has 0 unspecified atom stereocenters. The number of carbonyl (C=O) groups is 2. The number of carboxylic acids is 1. The van der Waals surface area contributed by atoms with Crippen LogP contribution >= 0.6 is 23.2 Å². The van der Waals surface area contributed by atoms with E-state index in [2.05, 4.69) is 19.1 Å². The SMILES string of the molecule is Cc1ccccc1.O=C(O)CN(Cc1ccccc1[N+](=O)[O-])C(=O)c1ccc(Cl)cc1Cl. The summed E-state index contributed by atoms with van der Waals surface area (Å²) in [6.07, 6.45) is 0. The molecular formula is C23H20Cl2N2O5. The minimum absolute atomic E-state index is 0.0610. The number of hydrogen-bond acceptors (Lipinski definition) is 4. The summed E-state index contributed by atoms with van der Waals surface area (Å²) in [4.78, 5) is 35.3. The minimum atomic E-state index is -1.25. The van der Waals surface area contributed by atoms with E-state index in [0.29, 0.717) is 5.02 Å². The number of carboxylic acid groups (broad SMARTS) is 1. The van der Waals surface area contributed by atoms with Gasteiger partial charge in [0.25, 0.3) is 11.6 Å². The first-order chi connectivity index (χ1) is 15.2. The van der Waals surface area contributed by atoms with E-state index in [0.717, 1.165) is 4.90 Å². The number of aryl methyl sites for hydroxylation is 1. The molecule has 0 aliphatic rings. The largest absolute Gasteiger partial charge is 0.480 e. The van der Waals surface area contributed by atoms with Gasteiger partial charge in [-0.15, -0.1) is 0 Å². The molecule has 0 saturated heterocycles. The molecule has 3 aromatic carbocycles. The summed E-state index contributed by atoms with van der Waals surface area (Å²) in [6.45, 7) is 1.20. The molecule has 9 heteroatoms. The molecule has 1 N–H and O–H groups in total. The Kier molecular flexibility index (Phi) is 9.19. The molecule has 3 rings (SSSR count). The van der Waals surface area contributed by atoms with Crippen LogP contribution in [-0.2, 0) is 11.3 Å². The van der Waals surface area contributed by atoms with Gasteiger partial charge in [0.15, 0.2) is 0 Å². The molecule has 0 atom stereocenters. The van der Waals surface area contributed by atoms with Gasteiger partial charge in [0.2, 0.25) is 0 Å². The van der Waals surface area contributed by atoms with Crippen LogP contribution in [-0.4, -0.2) is 33.4 Å². The van der Waals surface area contributed by atoms with E-state index in [1.807, 2.05) is 18.2 Å². The maximum absolute atomic E-state index is 12.7. The van der Waals surface area contributed by atoms with E-state index in [1.165, 1.54) is 42.0 Å². The molecular weight excluding hydrogens is 455 g/mol. The lowest BCUT2D eigenvalue weighted by Gasteiger charge is -2.21. The van der Waals surface area contributed by atoms with Gasteiger partial charge in [0, 0.05) is 16.7 Å². The molecule has 1 amide bonds. The number of nitro groups is 1. The van der Waals surface area contributed by atoms with Gasteiger partial charge >= 0.3 is 5.97 Å². The number of benzene rings is 3. The smallest absolute Gasteiger partial charge is 0.323 e. The minimum Gasteiger partial charge on any atom is -0.480 e. The fourth-order valence-corrected chi connectivity index (χ4v) is 3.25. The highest BCUT2D eigenvalue weighted by Gasteiger charge is 2.24. The van der Waals surface area contributed by atoms with Crippen molar-refractivity contribution in [2.75, 3.05) is 6.54 Å². The number of hydrogen-bond donors (Lipinski definition) is 1. The van der Waals surface area contributed by atoms with Crippen LogP contribution in [0.4, 0.5) is 5.69 Å². The Labute approximate surface area is 195 Å². The number of halogens is 2. The molecule has 0 spiro atoms. The Morgan fingerprint density at radius 1 is 1.00 bits per heavy atom. The lowest BCUT2D eigenvalue weighted by Crippen LogP contribution is -2.35. The zero-order valence-corrected chi connectivity index (χ0v) is 18.6. The van der Waals surface area contributed by atoms with Crippen molar-refractivity contribution in [3.8, 4) is 0 Å². The van der Waals surface area contributed by atoms with E-state index in [9.17, 15) is 19.7 Å². The van der Waals surface area contributed by atoms with Gasteiger partial charge in [-0.1, -0.05) is 77.3 Å². The predicted molar refractivity (Wildman–Crippen MR) is 123 cm³/mol. The van der Waals surface area contributed by atoms with Crippen LogP contribution < -0.4 is 0 Å². The van der Waals surface area contributed by atoms with Gasteiger partial charge < -0.3 is 10.0 Å². The highest BCUT2D eigenvalue weighted by atomic mass is 35.5. The second-order valence-electron chi connectivity index (χ2n) is 6.72. The third-order valence-corrected chi connectivity index (χ3v) is 4.81. The molecule has 0 radical (unpaired) electrons. The Morgan fingerprint density at radius 3 is 2.16 bits per heavy atom. The summed E-state index contributed by atoms with van der Waals surface area (Å²) in [7, 11) is 0. The van der Waals surface area contributed by atoms with Crippen molar-refractivity contribution < 1.29 is 19.6 Å². The second kappa shape index (κ2) is 11.8. The summed E-state index contributed by atoms with van der Waals surface area (Å²) >= 11 is 11.8. The Morgan fingerprint density at radius 2 is 1.62 bits per heavy atom. The quantitative estimate of drug-likeness (QED) is 0.368. The number of aliphatic carboxylic acids is 1. The van der Waals surface area contributed by atoms with E-state index in [4.69, 9.17) is 28.3 Å². The maximum atomic E-state index is 12.7. The molecule has 0 aromatic heterocycles. The average Bonchev–Trinajstić information content (AvgIpc) is 2.74. The normalized spacial score (nSPS) is 9.97. The molecule has 0 saturated carbocycles. The van der Waals surface area contributed by atoms with Crippen LogP contribution in [0.25, 0.3) is 0 Å². The van der Waals surface area contributed by atoms with Gasteiger partial charge in [-0.05, 0) is 25.1 Å². The number of carbonyl (C=O) groups excluding carboxylic acids is 1. The number of amides is 1. The molecule has 7 nitrogen and oxygen atoms in total. The zero-order valence-electron chi connectivity index (χ0n) is 17.1. The van der Waals surface area contributed by atoms with Crippen LogP contribution in [0.3, 0.4) is 0 Å². The van der Waals surface area contributed by atoms with E-state index in [1.54, 1.807) is 6.07 Å². The van der Waals surface area contributed by atoms with Crippen molar-refractivity contribution in [2.24, 2.45) is 0 Å². The van der Waals surface area contributed by atoms with Gasteiger partial charge in [-0.2, -0.15) is 0 Å². The predicted octanol–water partition coefficient (Wildman–Crippen LogP) is 5.62. The van der Waals surface area contributed by atoms with Crippen LogP contribution in [0.1, 0.15) is 21.5 Å². The average molecular weight is 475 g/mol. The molecule has 0 aliphatic carbocycles. The highest BCUT2D eigenvalue weighted by Crippen LogP contribution is 2.25. The Balaban J connectivity index is 0.000000439. The number of para-hydroxylation sites is 1. The summed E-state index contributed by atoms with van der Waals surface area (Å²) < 4.78 is 0. The number of nitrogens with zero attached hydrogens (tertiary/aromatic N) is 2. The topological polar surface area (TPSA) is 101 Å². The molecule has 32 heavy (non-hydrogen) atoms. The lowest BCUT2D eigenvalue weighted by molar-refractivity contribution is -0.385. The molecule has 0 heterocycles. The van der Waals surface area contributed by atoms with Crippen LogP contribution in [0, 0.1) is 17.0 Å². The first-order valence-corrected chi connectivity index (χ1v) is 10.1. The standard InChI is InChI=1S/C16H12Cl2N2O5.C7H8/c17-11-5-6-12(13(18)7-11)16(23)19(9-15(21)22)8-10-3-1-2-4-14(10)20(24)25;1-7-5-3-2-4-6-7/h1-7H,8-9H2,(H,21,22);2-6H,1H3. The molecule has 0 bridgehead atoms. The third kappa shape index (κ3) is 7.37. The van der Waals surface area contributed by atoms with Crippen LogP contribution in [0.15, 0.2) is 72.8 Å². The first kappa shape index (κ1) is 24.8. The molecule has 3 aromatic rings. The fraction of sp³-hybridized carbons (Fsp3) is 0.130. The highest BCUT2D eigenvalue weighted by molar-refractivity contribution is 6.36. The van der Waals surface area contributed by atoms with Crippen molar-refractivity contribution in [1.29, 1.82) is 0 Å². The van der Waals surface area contributed by atoms with Crippen LogP contribution in [0.2, 0.25) is 10.0 Å². The van der Waals surface area contributed by atoms with Crippen molar-refractivity contribution in [3.05, 3.63) is 110 Å². The summed E-state index contributed by atoms with van der Waals surface area (Å²) in [5, 5.41) is 20.6. The summed E-state index contributed by atoms with van der Waals surface area (Å²) in [5.74, 6) is -1.92. The summed E-state index contributed by atoms with van der Waals surface area (Å²) in [5.41, 5.74) is 1.40. The van der Waals surface area contributed by atoms with Gasteiger partial charge in [0.05, 0.1) is 22.1 Å². The summed E-state index contributed by atoms with van der Waals surface area (Å²) in [6, 6.07) is 20.3. The Hall–Kier alpha value is -3.42. The van der Waals surface area contributed by atoms with E-state index < -0.39 is 23.3 Å². The van der Waals surface area contributed by atoms with E-state index >= 15 is 0 Å². The fourth-order valence-electron chi connectivity index (χ4n) is 2.76. The maximum Gasteiger partial charge on any atom is 0.323 e. The van der Waals surface area contributed by atoms with E-state index in [-0.39, 0.29) is 28.4 Å². The van der Waals surface area contributed by atoms with Crippen molar-refractivity contribution >= 4 is 40.8 Å². The third-order valence-electron chi connectivity index (χ3n) is 4.26. The molecule has 0 fully saturated rings. The van der Waals surface area contributed by atoms with Gasteiger partial charge in [-0.25, -0.2) is 0 Å². The molecule has 166 valence electrons. The number of rotatable bonds is 6. The first-order valence-electron chi connectivity index (χ1n) is 9.39. The Bertz CT molecular complexity index is 1110. The monoisotopic (exact) mass is 474 g/mol. The van der Waals surface area contributed by atoms with Crippen molar-refractivity contribution in [2.45, 2.75) is 13.5 Å². The molecule has 0 aliphatic heterocycles. The zero-order chi connectivity index (χ0) is 23.7.